The summed E-state index contributed by atoms with van der Waals surface area (Å²) in [4.78, 5) is 34.9. The summed E-state index contributed by atoms with van der Waals surface area (Å²) in [5.74, 6) is -1.45. The Morgan fingerprint density at radius 3 is 2.20 bits per heavy atom. The first-order valence-corrected chi connectivity index (χ1v) is 6.00. The van der Waals surface area contributed by atoms with Crippen LogP contribution in [0, 0.1) is 0 Å². The van der Waals surface area contributed by atoms with E-state index in [9.17, 15) is 14.4 Å². The number of benzene rings is 1. The number of rotatable bonds is 5. The molecule has 1 rings (SSSR count). The zero-order valence-electron chi connectivity index (χ0n) is 11.3. The molecule has 0 radical (unpaired) electrons. The number of hydrogen-bond donors (Lipinski definition) is 3. The maximum absolute atomic E-state index is 12.2. The van der Waals surface area contributed by atoms with Crippen LogP contribution >= 0.6 is 0 Å². The lowest BCUT2D eigenvalue weighted by molar-refractivity contribution is -0.138. The Balaban J connectivity index is 2.89. The number of anilines is 1. The van der Waals surface area contributed by atoms with Crippen LogP contribution < -0.4 is 11.1 Å². The Labute approximate surface area is 116 Å². The fourth-order valence-corrected chi connectivity index (χ4v) is 1.64. The molecule has 4 N–H and O–H groups in total. The van der Waals surface area contributed by atoms with Crippen molar-refractivity contribution in [2.24, 2.45) is 5.73 Å². The van der Waals surface area contributed by atoms with Crippen molar-refractivity contribution in [3.05, 3.63) is 29.8 Å². The van der Waals surface area contributed by atoms with Gasteiger partial charge in [-0.2, -0.15) is 0 Å². The molecule has 7 heteroatoms. The average molecular weight is 279 g/mol. The minimum atomic E-state index is -1.07. The molecule has 7 nitrogen and oxygen atoms in total. The fourth-order valence-electron chi connectivity index (χ4n) is 1.64. The highest BCUT2D eigenvalue weighted by Crippen LogP contribution is 2.13. The maximum atomic E-state index is 12.2. The van der Waals surface area contributed by atoms with Gasteiger partial charge >= 0.3 is 12.0 Å². The molecule has 108 valence electrons. The number of amides is 3. The third-order valence-electron chi connectivity index (χ3n) is 2.59. The Morgan fingerprint density at radius 1 is 1.25 bits per heavy atom. The first-order chi connectivity index (χ1) is 9.31. The number of primary amides is 1. The quantitative estimate of drug-likeness (QED) is 0.749. The number of nitrogens with zero attached hydrogens (tertiary/aromatic N) is 1. The zero-order valence-corrected chi connectivity index (χ0v) is 11.3. The number of urea groups is 1. The van der Waals surface area contributed by atoms with E-state index in [4.69, 9.17) is 10.8 Å². The van der Waals surface area contributed by atoms with Gasteiger partial charge in [0.2, 0.25) is 0 Å². The molecule has 0 saturated heterocycles. The number of nitrogens with one attached hydrogen (secondary N) is 1. The van der Waals surface area contributed by atoms with Crippen LogP contribution in [0.4, 0.5) is 10.5 Å². The second-order valence-corrected chi connectivity index (χ2v) is 4.49. The predicted octanol–water partition coefficient (Wildman–Crippen LogP) is 1.11. The average Bonchev–Trinajstić information content (AvgIpc) is 2.35. The van der Waals surface area contributed by atoms with Crippen LogP contribution in [0.3, 0.4) is 0 Å². The summed E-state index contributed by atoms with van der Waals surface area (Å²) in [6, 6.07) is 5.13. The molecule has 1 aromatic rings. The monoisotopic (exact) mass is 279 g/mol. The number of carboxylic acid groups (broad SMARTS) is 1. The van der Waals surface area contributed by atoms with Gasteiger partial charge in [-0.1, -0.05) is 0 Å². The maximum Gasteiger partial charge on any atom is 0.323 e. The Morgan fingerprint density at radius 2 is 1.80 bits per heavy atom. The van der Waals surface area contributed by atoms with Gasteiger partial charge in [0, 0.05) is 17.3 Å². The summed E-state index contributed by atoms with van der Waals surface area (Å²) in [6.45, 7) is 3.12. The molecule has 0 aliphatic rings. The van der Waals surface area contributed by atoms with E-state index >= 15 is 0 Å². The third kappa shape index (κ3) is 4.27. The first-order valence-electron chi connectivity index (χ1n) is 6.00. The molecule has 0 bridgehead atoms. The highest BCUT2D eigenvalue weighted by atomic mass is 16.4. The lowest BCUT2D eigenvalue weighted by Gasteiger charge is -2.25. The van der Waals surface area contributed by atoms with Crippen molar-refractivity contribution in [1.82, 2.24) is 4.90 Å². The molecule has 0 aromatic heterocycles. The van der Waals surface area contributed by atoms with E-state index in [-0.39, 0.29) is 18.5 Å². The first kappa shape index (κ1) is 15.5. The SMILES string of the molecule is CC(C)N(CC(=O)O)C(=O)c1ccc(NC(N)=O)cc1. The predicted molar refractivity (Wildman–Crippen MR) is 73.5 cm³/mol. The molecule has 0 spiro atoms. The Hall–Kier alpha value is -2.57. The standard InChI is InChI=1S/C13H17N3O4/c1-8(2)16(7-11(17)18)12(19)9-3-5-10(6-4-9)15-13(14)20/h3-6,8H,7H2,1-2H3,(H,17,18)(H3,14,15,20). The van der Waals surface area contributed by atoms with Gasteiger partial charge in [-0.3, -0.25) is 9.59 Å². The summed E-state index contributed by atoms with van der Waals surface area (Å²) in [5, 5.41) is 11.2. The van der Waals surface area contributed by atoms with Crippen LogP contribution in [0.1, 0.15) is 24.2 Å². The van der Waals surface area contributed by atoms with Crippen molar-refractivity contribution in [3.63, 3.8) is 0 Å². The molecule has 20 heavy (non-hydrogen) atoms. The second-order valence-electron chi connectivity index (χ2n) is 4.49. The van der Waals surface area contributed by atoms with Crippen molar-refractivity contribution < 1.29 is 19.5 Å². The number of carbonyl (C=O) groups excluding carboxylic acids is 2. The number of aliphatic carboxylic acids is 1. The van der Waals surface area contributed by atoms with Crippen molar-refractivity contribution >= 4 is 23.6 Å². The Bertz CT molecular complexity index is 511. The van der Waals surface area contributed by atoms with Crippen LogP contribution in [0.25, 0.3) is 0 Å². The summed E-state index contributed by atoms with van der Waals surface area (Å²) in [6.07, 6.45) is 0. The molecular formula is C13H17N3O4. The van der Waals surface area contributed by atoms with E-state index in [2.05, 4.69) is 5.32 Å². The topological polar surface area (TPSA) is 113 Å². The van der Waals surface area contributed by atoms with Crippen molar-refractivity contribution in [3.8, 4) is 0 Å². The van der Waals surface area contributed by atoms with E-state index < -0.39 is 12.0 Å². The molecule has 0 aliphatic carbocycles. The summed E-state index contributed by atoms with van der Waals surface area (Å²) < 4.78 is 0. The third-order valence-corrected chi connectivity index (χ3v) is 2.59. The lowest BCUT2D eigenvalue weighted by Crippen LogP contribution is -2.40. The highest BCUT2D eigenvalue weighted by molar-refractivity contribution is 5.97. The Kier molecular flexibility index (Phi) is 5.08. The smallest absolute Gasteiger partial charge is 0.323 e. The van der Waals surface area contributed by atoms with Gasteiger partial charge in [-0.25, -0.2) is 4.79 Å². The van der Waals surface area contributed by atoms with Gasteiger partial charge in [0.05, 0.1) is 0 Å². The molecular weight excluding hydrogens is 262 g/mol. The molecule has 3 amide bonds. The molecule has 0 heterocycles. The summed E-state index contributed by atoms with van der Waals surface area (Å²) >= 11 is 0. The molecule has 1 aromatic carbocycles. The molecule has 0 saturated carbocycles. The van der Waals surface area contributed by atoms with Crippen LogP contribution in [0.15, 0.2) is 24.3 Å². The van der Waals surface area contributed by atoms with Crippen LogP contribution in [-0.2, 0) is 4.79 Å². The van der Waals surface area contributed by atoms with Gasteiger partial charge in [0.1, 0.15) is 6.54 Å². The number of nitrogens with two attached hydrogens (primary N) is 1. The van der Waals surface area contributed by atoms with Gasteiger partial charge in [-0.15, -0.1) is 0 Å². The van der Waals surface area contributed by atoms with Crippen molar-refractivity contribution in [2.75, 3.05) is 11.9 Å². The van der Waals surface area contributed by atoms with Crippen LogP contribution in [0.5, 0.6) is 0 Å². The van der Waals surface area contributed by atoms with E-state index in [1.165, 1.54) is 29.2 Å². The van der Waals surface area contributed by atoms with Crippen LogP contribution in [0.2, 0.25) is 0 Å². The normalized spacial score (nSPS) is 10.2. The summed E-state index contributed by atoms with van der Waals surface area (Å²) in [7, 11) is 0. The fraction of sp³-hybridized carbons (Fsp3) is 0.308. The van der Waals surface area contributed by atoms with E-state index in [0.717, 1.165) is 0 Å². The lowest BCUT2D eigenvalue weighted by atomic mass is 10.1. The highest BCUT2D eigenvalue weighted by Gasteiger charge is 2.21. The largest absolute Gasteiger partial charge is 0.480 e. The number of carboxylic acids is 1. The second kappa shape index (κ2) is 6.55. The molecule has 0 atom stereocenters. The number of hydrogen-bond acceptors (Lipinski definition) is 3. The van der Waals surface area contributed by atoms with E-state index in [1.54, 1.807) is 13.8 Å². The van der Waals surface area contributed by atoms with Crippen LogP contribution in [-0.4, -0.2) is 40.5 Å². The molecule has 0 aliphatic heterocycles. The van der Waals surface area contributed by atoms with Gasteiger partial charge in [0.25, 0.3) is 5.91 Å². The van der Waals surface area contributed by atoms with Gasteiger partial charge in [-0.05, 0) is 38.1 Å². The van der Waals surface area contributed by atoms with Gasteiger partial charge in [0.15, 0.2) is 0 Å². The summed E-state index contributed by atoms with van der Waals surface area (Å²) in [5.41, 5.74) is 5.78. The minimum Gasteiger partial charge on any atom is -0.480 e. The van der Waals surface area contributed by atoms with E-state index in [0.29, 0.717) is 11.3 Å². The molecule has 0 fully saturated rings. The molecule has 0 unspecified atom stereocenters. The van der Waals surface area contributed by atoms with E-state index in [1.807, 2.05) is 0 Å². The van der Waals surface area contributed by atoms with Crippen molar-refractivity contribution in [2.45, 2.75) is 19.9 Å². The zero-order chi connectivity index (χ0) is 15.3. The van der Waals surface area contributed by atoms with Crippen molar-refractivity contribution in [1.29, 1.82) is 0 Å². The minimum absolute atomic E-state index is 0.234. The van der Waals surface area contributed by atoms with Gasteiger partial charge < -0.3 is 21.1 Å². The number of carbonyl (C=O) groups is 3.